The van der Waals surface area contributed by atoms with E-state index in [9.17, 15) is 19.5 Å². The van der Waals surface area contributed by atoms with Gasteiger partial charge in [0.05, 0.1) is 0 Å². The van der Waals surface area contributed by atoms with Gasteiger partial charge in [-0.3, -0.25) is 14.5 Å². The van der Waals surface area contributed by atoms with Gasteiger partial charge in [0.1, 0.15) is 29.9 Å². The number of nitrogens with one attached hydrogen (secondary N) is 1. The van der Waals surface area contributed by atoms with Gasteiger partial charge in [0.25, 0.3) is 11.8 Å². The molecule has 2 aliphatic heterocycles. The fraction of sp³-hybridized carbons (Fsp3) is 0.400. The van der Waals surface area contributed by atoms with Crippen molar-refractivity contribution in [2.24, 2.45) is 5.16 Å². The Hall–Kier alpha value is -2.60. The molecule has 27 heavy (non-hydrogen) atoms. The number of carboxylic acids is 1. The van der Waals surface area contributed by atoms with E-state index in [-0.39, 0.29) is 27.5 Å². The molecule has 1 aromatic rings. The lowest BCUT2D eigenvalue weighted by Gasteiger charge is -2.53. The van der Waals surface area contributed by atoms with Crippen molar-refractivity contribution in [2.45, 2.75) is 29.5 Å². The Balaban J connectivity index is 1.54. The number of thioether (sulfide) groups is 1. The maximum Gasteiger partial charge on any atom is 0.352 e. The largest absolute Gasteiger partial charge is 0.477 e. The van der Waals surface area contributed by atoms with Crippen LogP contribution in [-0.2, 0) is 19.2 Å². The first-order valence-corrected chi connectivity index (χ1v) is 9.83. The average molecular weight is 409 g/mol. The smallest absolute Gasteiger partial charge is 0.352 e. The molecule has 4 rings (SSSR count). The summed E-state index contributed by atoms with van der Waals surface area (Å²) in [7, 11) is 1.29. The number of rotatable bonds is 5. The van der Waals surface area contributed by atoms with Crippen LogP contribution in [0.15, 0.2) is 21.8 Å². The summed E-state index contributed by atoms with van der Waals surface area (Å²) in [5.74, 6) is -2.20. The number of β-lactam (4-membered cyclic amide) rings is 1. The monoisotopic (exact) mass is 409 g/mol. The van der Waals surface area contributed by atoms with Crippen molar-refractivity contribution >= 4 is 51.7 Å². The van der Waals surface area contributed by atoms with Gasteiger partial charge in [-0.2, -0.15) is 0 Å². The van der Waals surface area contributed by atoms with E-state index in [4.69, 9.17) is 10.6 Å². The first-order valence-electron chi connectivity index (χ1n) is 8.00. The fourth-order valence-corrected chi connectivity index (χ4v) is 5.47. The van der Waals surface area contributed by atoms with E-state index in [1.807, 2.05) is 0 Å². The standard InChI is InChI=1S/C15H15N5O5S2/c1-25-19-8(6-4-26-15(16)17-6)11(21)18-9-12(22)20-10(14(23)24)5-2-3-7(5)27-13(9)20/h4,7,9,13H,2-3H2,1H3,(H2,16,17)(H,18,21)(H,23,24)/b19-8-/t7-,9+,13+/m0/s1. The summed E-state index contributed by atoms with van der Waals surface area (Å²) in [5.41, 5.74) is 6.58. The predicted molar refractivity (Wildman–Crippen MR) is 97.9 cm³/mol. The first-order chi connectivity index (χ1) is 12.9. The van der Waals surface area contributed by atoms with E-state index in [2.05, 4.69) is 15.5 Å². The Bertz CT molecular complexity index is 910. The highest BCUT2D eigenvalue weighted by Gasteiger charge is 2.57. The highest BCUT2D eigenvalue weighted by Crippen LogP contribution is 2.51. The number of nitrogen functional groups attached to an aromatic ring is 1. The zero-order chi connectivity index (χ0) is 19.3. The molecule has 1 saturated carbocycles. The molecule has 0 radical (unpaired) electrons. The van der Waals surface area contributed by atoms with Crippen molar-refractivity contribution in [3.8, 4) is 0 Å². The summed E-state index contributed by atoms with van der Waals surface area (Å²) < 4.78 is 0. The van der Waals surface area contributed by atoms with Crippen molar-refractivity contribution in [1.82, 2.24) is 15.2 Å². The van der Waals surface area contributed by atoms with Gasteiger partial charge < -0.3 is 21.0 Å². The van der Waals surface area contributed by atoms with Crippen LogP contribution in [0.4, 0.5) is 5.13 Å². The molecule has 2 fully saturated rings. The molecular formula is C15H15N5O5S2. The Morgan fingerprint density at radius 3 is 2.85 bits per heavy atom. The molecule has 0 bridgehead atoms. The van der Waals surface area contributed by atoms with Crippen molar-refractivity contribution in [3.63, 3.8) is 0 Å². The zero-order valence-corrected chi connectivity index (χ0v) is 15.7. The molecule has 0 aromatic carbocycles. The molecule has 10 nitrogen and oxygen atoms in total. The van der Waals surface area contributed by atoms with Gasteiger partial charge in [-0.05, 0) is 18.4 Å². The van der Waals surface area contributed by atoms with Crippen LogP contribution in [0.5, 0.6) is 0 Å². The van der Waals surface area contributed by atoms with Gasteiger partial charge >= 0.3 is 5.97 Å². The topological polar surface area (TPSA) is 147 Å². The van der Waals surface area contributed by atoms with Gasteiger partial charge in [-0.1, -0.05) is 5.16 Å². The number of fused-ring (bicyclic) bond motifs is 2. The van der Waals surface area contributed by atoms with Crippen LogP contribution < -0.4 is 11.1 Å². The Labute approximate surface area is 161 Å². The molecule has 3 aliphatic rings. The van der Waals surface area contributed by atoms with Gasteiger partial charge in [0, 0.05) is 10.6 Å². The minimum absolute atomic E-state index is 0.0588. The third-order valence-electron chi connectivity index (χ3n) is 4.61. The molecule has 2 amide bonds. The average Bonchev–Trinajstić information content (AvgIpc) is 3.03. The molecule has 3 atom stereocenters. The van der Waals surface area contributed by atoms with Crippen LogP contribution in [0.25, 0.3) is 0 Å². The predicted octanol–water partition coefficient (Wildman–Crippen LogP) is -0.0232. The number of carbonyl (C=O) groups is 3. The van der Waals surface area contributed by atoms with Crippen molar-refractivity contribution in [3.05, 3.63) is 22.3 Å². The number of anilines is 1. The van der Waals surface area contributed by atoms with E-state index in [0.717, 1.165) is 23.3 Å². The van der Waals surface area contributed by atoms with Crippen LogP contribution in [-0.4, -0.2) is 62.3 Å². The number of oxime groups is 1. The van der Waals surface area contributed by atoms with Crippen LogP contribution in [0.3, 0.4) is 0 Å². The van der Waals surface area contributed by atoms with E-state index in [0.29, 0.717) is 6.42 Å². The summed E-state index contributed by atoms with van der Waals surface area (Å²) >= 11 is 2.64. The van der Waals surface area contributed by atoms with Crippen LogP contribution in [0, 0.1) is 0 Å². The van der Waals surface area contributed by atoms with E-state index < -0.39 is 29.2 Å². The number of nitrogens with zero attached hydrogens (tertiary/aromatic N) is 3. The van der Waals surface area contributed by atoms with E-state index >= 15 is 0 Å². The second-order valence-corrected chi connectivity index (χ2v) is 8.30. The lowest BCUT2D eigenvalue weighted by molar-refractivity contribution is -0.150. The number of aliphatic carboxylic acids is 1. The number of carboxylic acid groups (broad SMARTS) is 1. The summed E-state index contributed by atoms with van der Waals surface area (Å²) in [6, 6.07) is -0.836. The number of nitrogens with two attached hydrogens (primary N) is 1. The molecular weight excluding hydrogens is 394 g/mol. The molecule has 0 spiro atoms. The SMILES string of the molecule is CO/N=C(\C(=O)N[C@@H]1C(=O)N2C(C(=O)O)=C3CC[C@@H]3S[C@H]12)c1csc(N)n1. The molecule has 1 saturated heterocycles. The molecule has 1 aliphatic carbocycles. The third kappa shape index (κ3) is 2.75. The van der Waals surface area contributed by atoms with Gasteiger partial charge in [-0.25, -0.2) is 9.78 Å². The Morgan fingerprint density at radius 1 is 1.52 bits per heavy atom. The minimum atomic E-state index is -1.11. The summed E-state index contributed by atoms with van der Waals surface area (Å²) in [5, 5.41) is 17.2. The van der Waals surface area contributed by atoms with Crippen molar-refractivity contribution in [2.75, 3.05) is 12.8 Å². The highest BCUT2D eigenvalue weighted by molar-refractivity contribution is 8.01. The lowest BCUT2D eigenvalue weighted by Crippen LogP contribution is -2.72. The number of carbonyl (C=O) groups excluding carboxylic acids is 2. The van der Waals surface area contributed by atoms with Crippen molar-refractivity contribution < 1.29 is 24.3 Å². The van der Waals surface area contributed by atoms with E-state index in [1.165, 1.54) is 23.8 Å². The fourth-order valence-electron chi connectivity index (χ4n) is 3.27. The zero-order valence-electron chi connectivity index (χ0n) is 14.0. The quantitative estimate of drug-likeness (QED) is 0.349. The van der Waals surface area contributed by atoms with Crippen LogP contribution in [0.2, 0.25) is 0 Å². The molecule has 3 heterocycles. The van der Waals surface area contributed by atoms with Crippen molar-refractivity contribution in [1.29, 1.82) is 0 Å². The van der Waals surface area contributed by atoms with E-state index in [1.54, 1.807) is 5.38 Å². The molecule has 0 unspecified atom stereocenters. The number of hydrogen-bond acceptors (Lipinski definition) is 9. The van der Waals surface area contributed by atoms with Gasteiger partial charge in [-0.15, -0.1) is 23.1 Å². The number of amides is 2. The maximum absolute atomic E-state index is 12.6. The maximum atomic E-state index is 12.6. The first kappa shape index (κ1) is 17.8. The Morgan fingerprint density at radius 2 is 2.30 bits per heavy atom. The third-order valence-corrected chi connectivity index (χ3v) is 6.89. The number of thiazole rings is 1. The lowest BCUT2D eigenvalue weighted by atomic mass is 9.87. The summed E-state index contributed by atoms with van der Waals surface area (Å²) in [6.45, 7) is 0. The number of aromatic nitrogens is 1. The summed E-state index contributed by atoms with van der Waals surface area (Å²) in [6.07, 6.45) is 1.55. The van der Waals surface area contributed by atoms with Gasteiger partial charge in [0.15, 0.2) is 10.8 Å². The van der Waals surface area contributed by atoms with Gasteiger partial charge in [0.2, 0.25) is 0 Å². The minimum Gasteiger partial charge on any atom is -0.477 e. The molecule has 4 N–H and O–H groups in total. The van der Waals surface area contributed by atoms with Crippen LogP contribution >= 0.6 is 23.1 Å². The highest BCUT2D eigenvalue weighted by atomic mass is 32.2. The molecule has 12 heteroatoms. The number of hydrogen-bond donors (Lipinski definition) is 3. The summed E-state index contributed by atoms with van der Waals surface area (Å²) in [4.78, 5) is 46.7. The second kappa shape index (κ2) is 6.53. The second-order valence-electron chi connectivity index (χ2n) is 6.09. The Kier molecular flexibility index (Phi) is 4.30. The molecule has 1 aromatic heterocycles. The molecule has 142 valence electrons. The van der Waals surface area contributed by atoms with Crippen LogP contribution in [0.1, 0.15) is 18.5 Å². The normalized spacial score (nSPS) is 26.6.